The molecule has 0 fully saturated rings. The van der Waals surface area contributed by atoms with Crippen LogP contribution in [0.2, 0.25) is 0 Å². The number of carbonyl (C=O) groups is 1. The van der Waals surface area contributed by atoms with Gasteiger partial charge in [-0.25, -0.2) is 14.6 Å². The van der Waals surface area contributed by atoms with Crippen molar-refractivity contribution in [1.82, 2.24) is 14.5 Å². The van der Waals surface area contributed by atoms with Gasteiger partial charge < -0.3 is 4.74 Å². The van der Waals surface area contributed by atoms with E-state index in [9.17, 15) is 9.59 Å². The van der Waals surface area contributed by atoms with E-state index in [1.807, 2.05) is 6.92 Å². The second-order valence-corrected chi connectivity index (χ2v) is 5.07. The highest BCUT2D eigenvalue weighted by atomic mass is 16.6. The Morgan fingerprint density at radius 3 is 2.67 bits per heavy atom. The fourth-order valence-corrected chi connectivity index (χ4v) is 1.58. The third kappa shape index (κ3) is 2.27. The molecule has 1 N–H and O–H groups in total. The van der Waals surface area contributed by atoms with Gasteiger partial charge in [0.25, 0.3) is 0 Å². The monoisotopic (exact) mass is 249 g/mol. The molecule has 0 bridgehead atoms. The molecule has 96 valence electrons. The summed E-state index contributed by atoms with van der Waals surface area (Å²) in [5.41, 5.74) is 0.362. The van der Waals surface area contributed by atoms with Crippen LogP contribution in [-0.2, 0) is 4.74 Å². The minimum atomic E-state index is -0.704. The van der Waals surface area contributed by atoms with Crippen molar-refractivity contribution in [1.29, 1.82) is 0 Å². The van der Waals surface area contributed by atoms with Crippen LogP contribution in [0.15, 0.2) is 16.9 Å². The van der Waals surface area contributed by atoms with Crippen molar-refractivity contribution in [2.45, 2.75) is 33.3 Å². The van der Waals surface area contributed by atoms with E-state index in [2.05, 4.69) is 9.97 Å². The van der Waals surface area contributed by atoms with Crippen LogP contribution < -0.4 is 5.69 Å². The van der Waals surface area contributed by atoms with E-state index in [4.69, 9.17) is 4.74 Å². The maximum Gasteiger partial charge on any atom is 0.423 e. The number of nitrogens with one attached hydrogen (secondary N) is 1. The zero-order chi connectivity index (χ0) is 13.5. The average Bonchev–Trinajstić information content (AvgIpc) is 2.50. The average molecular weight is 249 g/mol. The Labute approximate surface area is 104 Å². The number of aryl methyl sites for hydroxylation is 1. The molecule has 0 unspecified atom stereocenters. The van der Waals surface area contributed by atoms with Gasteiger partial charge in [0.1, 0.15) is 5.60 Å². The van der Waals surface area contributed by atoms with Crippen LogP contribution in [0, 0.1) is 6.92 Å². The molecule has 2 heterocycles. The zero-order valence-electron chi connectivity index (χ0n) is 10.8. The fraction of sp³-hybridized carbons (Fsp3) is 0.417. The third-order valence-electron chi connectivity index (χ3n) is 2.26. The van der Waals surface area contributed by atoms with Gasteiger partial charge >= 0.3 is 11.8 Å². The van der Waals surface area contributed by atoms with E-state index < -0.39 is 17.4 Å². The highest BCUT2D eigenvalue weighted by Gasteiger charge is 2.21. The first-order chi connectivity index (χ1) is 8.28. The van der Waals surface area contributed by atoms with Crippen LogP contribution in [0.5, 0.6) is 0 Å². The van der Waals surface area contributed by atoms with Crippen molar-refractivity contribution in [2.24, 2.45) is 0 Å². The topological polar surface area (TPSA) is 77.0 Å². The number of pyridine rings is 1. The molecule has 0 aliphatic heterocycles. The van der Waals surface area contributed by atoms with Gasteiger partial charge in [-0.15, -0.1) is 0 Å². The number of aromatic amines is 1. The Bertz CT molecular complexity index is 661. The minimum absolute atomic E-state index is 0.380. The first-order valence-electron chi connectivity index (χ1n) is 5.60. The lowest BCUT2D eigenvalue weighted by Gasteiger charge is -2.19. The molecule has 18 heavy (non-hydrogen) atoms. The largest absolute Gasteiger partial charge is 0.443 e. The van der Waals surface area contributed by atoms with Gasteiger partial charge in [-0.3, -0.25) is 4.98 Å². The molecule has 0 aliphatic rings. The second kappa shape index (κ2) is 3.97. The lowest BCUT2D eigenvalue weighted by atomic mass is 10.2. The number of H-pyrrole nitrogens is 1. The van der Waals surface area contributed by atoms with Gasteiger partial charge in [0.15, 0.2) is 5.65 Å². The van der Waals surface area contributed by atoms with Crippen LogP contribution >= 0.6 is 0 Å². The van der Waals surface area contributed by atoms with Crippen molar-refractivity contribution in [2.75, 3.05) is 0 Å². The predicted octanol–water partition coefficient (Wildman–Crippen LogP) is 1.82. The number of hydrogen-bond acceptors (Lipinski definition) is 4. The SMILES string of the molecule is Cc1ccc2c(n1)[nH]c(=O)n2C(=O)OC(C)(C)C. The number of rotatable bonds is 0. The first kappa shape index (κ1) is 12.3. The van der Waals surface area contributed by atoms with E-state index in [0.717, 1.165) is 10.3 Å². The molecule has 0 saturated heterocycles. The number of hydrogen-bond donors (Lipinski definition) is 1. The minimum Gasteiger partial charge on any atom is -0.443 e. The Kier molecular flexibility index (Phi) is 2.73. The third-order valence-corrected chi connectivity index (χ3v) is 2.26. The van der Waals surface area contributed by atoms with E-state index in [1.54, 1.807) is 32.9 Å². The van der Waals surface area contributed by atoms with Gasteiger partial charge in [-0.2, -0.15) is 4.57 Å². The summed E-state index contributed by atoms with van der Waals surface area (Å²) in [5, 5.41) is 0. The maximum atomic E-state index is 11.9. The molecule has 6 heteroatoms. The summed E-state index contributed by atoms with van der Waals surface area (Å²) in [6, 6.07) is 3.40. The van der Waals surface area contributed by atoms with Crippen LogP contribution in [-0.4, -0.2) is 26.2 Å². The molecule has 2 rings (SSSR count). The number of imidazole rings is 1. The van der Waals surface area contributed by atoms with E-state index in [-0.39, 0.29) is 0 Å². The van der Waals surface area contributed by atoms with E-state index in [1.165, 1.54) is 0 Å². The van der Waals surface area contributed by atoms with Gasteiger partial charge in [-0.1, -0.05) is 0 Å². The summed E-state index contributed by atoms with van der Waals surface area (Å²) in [7, 11) is 0. The van der Waals surface area contributed by atoms with Crippen molar-refractivity contribution in [3.05, 3.63) is 28.3 Å². The fourth-order valence-electron chi connectivity index (χ4n) is 1.58. The molecule has 0 amide bonds. The molecule has 0 saturated carbocycles. The maximum absolute atomic E-state index is 11.9. The number of fused-ring (bicyclic) bond motifs is 1. The highest BCUT2D eigenvalue weighted by molar-refractivity contribution is 5.84. The normalized spacial score (nSPS) is 11.8. The summed E-state index contributed by atoms with van der Waals surface area (Å²) in [6.07, 6.45) is -0.704. The molecule has 0 aliphatic carbocycles. The smallest absolute Gasteiger partial charge is 0.423 e. The molecule has 0 aromatic carbocycles. The number of carbonyl (C=O) groups excluding carboxylic acids is 1. The van der Waals surface area contributed by atoms with Crippen LogP contribution in [0.3, 0.4) is 0 Å². The van der Waals surface area contributed by atoms with Crippen molar-refractivity contribution >= 4 is 17.3 Å². The standard InChI is InChI=1S/C12H15N3O3/c1-7-5-6-8-9(13-7)14-10(16)15(8)11(17)18-12(2,3)4/h5-6H,1-4H3,(H,13,14,16). The lowest BCUT2D eigenvalue weighted by Crippen LogP contribution is -2.32. The number of ether oxygens (including phenoxy) is 1. The van der Waals surface area contributed by atoms with Gasteiger partial charge in [0, 0.05) is 5.69 Å². The summed E-state index contributed by atoms with van der Waals surface area (Å²) < 4.78 is 6.13. The zero-order valence-corrected chi connectivity index (χ0v) is 10.8. The van der Waals surface area contributed by atoms with Crippen LogP contribution in [0.1, 0.15) is 26.5 Å². The molecule has 0 spiro atoms. The summed E-state index contributed by atoms with van der Waals surface area (Å²) in [6.45, 7) is 7.04. The molecule has 0 radical (unpaired) electrons. The Hall–Kier alpha value is -2.11. The highest BCUT2D eigenvalue weighted by Crippen LogP contribution is 2.12. The van der Waals surface area contributed by atoms with Gasteiger partial charge in [0.05, 0.1) is 5.52 Å². The molecule has 2 aromatic rings. The molecule has 0 atom stereocenters. The quantitative estimate of drug-likeness (QED) is 0.772. The first-order valence-corrected chi connectivity index (χ1v) is 5.60. The van der Waals surface area contributed by atoms with Gasteiger partial charge in [0.2, 0.25) is 0 Å². The molecule has 2 aromatic heterocycles. The Balaban J connectivity index is 2.54. The van der Waals surface area contributed by atoms with Crippen LogP contribution in [0.4, 0.5) is 4.79 Å². The predicted molar refractivity (Wildman–Crippen MR) is 66.7 cm³/mol. The van der Waals surface area contributed by atoms with Gasteiger partial charge in [-0.05, 0) is 39.8 Å². The summed E-state index contributed by atoms with van der Waals surface area (Å²) in [4.78, 5) is 30.4. The lowest BCUT2D eigenvalue weighted by molar-refractivity contribution is 0.0538. The van der Waals surface area contributed by atoms with E-state index >= 15 is 0 Å². The number of nitrogens with zero attached hydrogens (tertiary/aromatic N) is 2. The Morgan fingerprint density at radius 2 is 2.06 bits per heavy atom. The number of aromatic nitrogens is 3. The van der Waals surface area contributed by atoms with Crippen molar-refractivity contribution < 1.29 is 9.53 Å². The Morgan fingerprint density at radius 1 is 1.39 bits per heavy atom. The molecular formula is C12H15N3O3. The summed E-state index contributed by atoms with van der Waals surface area (Å²) >= 11 is 0. The summed E-state index contributed by atoms with van der Waals surface area (Å²) in [5.74, 6) is 0. The van der Waals surface area contributed by atoms with Crippen molar-refractivity contribution in [3.63, 3.8) is 0 Å². The van der Waals surface area contributed by atoms with E-state index in [0.29, 0.717) is 11.2 Å². The molecule has 6 nitrogen and oxygen atoms in total. The molecular weight excluding hydrogens is 234 g/mol. The van der Waals surface area contributed by atoms with Crippen molar-refractivity contribution in [3.8, 4) is 0 Å². The van der Waals surface area contributed by atoms with Crippen LogP contribution in [0.25, 0.3) is 11.2 Å². The second-order valence-electron chi connectivity index (χ2n) is 5.07.